The van der Waals surface area contributed by atoms with E-state index in [0.29, 0.717) is 6.42 Å². The van der Waals surface area contributed by atoms with Gasteiger partial charge >= 0.3 is 18.0 Å². The smallest absolute Gasteiger partial charge is 0.327 e. The molecule has 2 atom stereocenters. The van der Waals surface area contributed by atoms with E-state index < -0.39 is 41.7 Å². The fraction of sp³-hybridized carbons (Fsp3) is 0.526. The summed E-state index contributed by atoms with van der Waals surface area (Å²) < 4.78 is 26.7. The number of benzene rings is 1. The standard InChI is InChI=1S/C19H25F2N3O5/c1-11(2)5-15(17(25)26)22-9-16(18(27)28)24-4-3-23(19(24)29)10-12-6-13(20)8-14(21)7-12/h6-8,11,15-16,22H,3-5,9-10H2,1-2H3,(H,25,26)(H,27,28). The molecule has 1 aromatic carbocycles. The maximum atomic E-state index is 13.4. The van der Waals surface area contributed by atoms with Gasteiger partial charge in [0.05, 0.1) is 0 Å². The van der Waals surface area contributed by atoms with Gasteiger partial charge in [-0.2, -0.15) is 0 Å². The summed E-state index contributed by atoms with van der Waals surface area (Å²) in [4.78, 5) is 38.1. The third kappa shape index (κ3) is 6.11. The highest BCUT2D eigenvalue weighted by Crippen LogP contribution is 2.18. The molecule has 0 aliphatic carbocycles. The average molecular weight is 413 g/mol. The van der Waals surface area contributed by atoms with Gasteiger partial charge in [-0.05, 0) is 30.0 Å². The monoisotopic (exact) mass is 413 g/mol. The average Bonchev–Trinajstić information content (AvgIpc) is 2.93. The molecule has 2 amide bonds. The van der Waals surface area contributed by atoms with E-state index in [9.17, 15) is 33.4 Å². The molecule has 1 saturated heterocycles. The van der Waals surface area contributed by atoms with Gasteiger partial charge in [-0.15, -0.1) is 0 Å². The number of halogens is 2. The minimum Gasteiger partial charge on any atom is -0.480 e. The topological polar surface area (TPSA) is 110 Å². The molecule has 8 nitrogen and oxygen atoms in total. The summed E-state index contributed by atoms with van der Waals surface area (Å²) >= 11 is 0. The molecular weight excluding hydrogens is 388 g/mol. The van der Waals surface area contributed by atoms with Crippen molar-refractivity contribution >= 4 is 18.0 Å². The third-order valence-electron chi connectivity index (χ3n) is 4.65. The maximum absolute atomic E-state index is 13.4. The Hall–Kier alpha value is -2.75. The number of hydrogen-bond donors (Lipinski definition) is 3. The zero-order valence-electron chi connectivity index (χ0n) is 16.3. The second-order valence-corrected chi connectivity index (χ2v) is 7.46. The number of carbonyl (C=O) groups is 3. The van der Waals surface area contributed by atoms with Crippen molar-refractivity contribution < 1.29 is 33.4 Å². The molecule has 160 valence electrons. The van der Waals surface area contributed by atoms with Crippen molar-refractivity contribution in [1.29, 1.82) is 0 Å². The van der Waals surface area contributed by atoms with E-state index in [1.807, 2.05) is 13.8 Å². The van der Waals surface area contributed by atoms with E-state index >= 15 is 0 Å². The van der Waals surface area contributed by atoms with Crippen LogP contribution in [0.1, 0.15) is 25.8 Å². The van der Waals surface area contributed by atoms with Gasteiger partial charge in [0.2, 0.25) is 0 Å². The number of carbonyl (C=O) groups excluding carboxylic acids is 1. The van der Waals surface area contributed by atoms with Gasteiger partial charge in [-0.25, -0.2) is 18.4 Å². The van der Waals surface area contributed by atoms with Crippen LogP contribution in [0.4, 0.5) is 13.6 Å². The molecule has 0 aromatic heterocycles. The van der Waals surface area contributed by atoms with Crippen molar-refractivity contribution in [3.8, 4) is 0 Å². The second kappa shape index (κ2) is 9.64. The Balaban J connectivity index is 2.05. The van der Waals surface area contributed by atoms with Crippen LogP contribution in [-0.2, 0) is 16.1 Å². The first-order valence-electron chi connectivity index (χ1n) is 9.28. The van der Waals surface area contributed by atoms with E-state index in [2.05, 4.69) is 5.32 Å². The van der Waals surface area contributed by atoms with Crippen molar-refractivity contribution in [2.45, 2.75) is 38.9 Å². The van der Waals surface area contributed by atoms with Crippen LogP contribution in [0.15, 0.2) is 18.2 Å². The lowest BCUT2D eigenvalue weighted by atomic mass is 10.0. The highest BCUT2D eigenvalue weighted by atomic mass is 19.1. The number of urea groups is 1. The summed E-state index contributed by atoms with van der Waals surface area (Å²) in [6, 6.07) is 0.173. The molecule has 0 saturated carbocycles. The summed E-state index contributed by atoms with van der Waals surface area (Å²) in [5, 5.41) is 21.5. The van der Waals surface area contributed by atoms with Gasteiger partial charge in [0, 0.05) is 32.2 Å². The van der Waals surface area contributed by atoms with Crippen molar-refractivity contribution in [2.75, 3.05) is 19.6 Å². The van der Waals surface area contributed by atoms with Crippen LogP contribution in [0.2, 0.25) is 0 Å². The highest BCUT2D eigenvalue weighted by Gasteiger charge is 2.37. The summed E-state index contributed by atoms with van der Waals surface area (Å²) in [6.07, 6.45) is 0.312. The Morgan fingerprint density at radius 1 is 1.10 bits per heavy atom. The first-order chi connectivity index (χ1) is 13.6. The minimum absolute atomic E-state index is 0.0606. The summed E-state index contributed by atoms with van der Waals surface area (Å²) in [5.41, 5.74) is 0.255. The Kier molecular flexibility index (Phi) is 7.49. The summed E-state index contributed by atoms with van der Waals surface area (Å²) in [5.74, 6) is -3.80. The molecular formula is C19H25F2N3O5. The number of carboxylic acids is 2. The number of rotatable bonds is 10. The van der Waals surface area contributed by atoms with Crippen LogP contribution in [-0.4, -0.2) is 69.7 Å². The minimum atomic E-state index is -1.27. The lowest BCUT2D eigenvalue weighted by Crippen LogP contribution is -2.52. The highest BCUT2D eigenvalue weighted by molar-refractivity contribution is 5.84. The zero-order chi connectivity index (χ0) is 21.7. The fourth-order valence-corrected chi connectivity index (χ4v) is 3.29. The fourth-order valence-electron chi connectivity index (χ4n) is 3.29. The SMILES string of the molecule is CC(C)CC(NCC(C(=O)O)N1CCN(Cc2cc(F)cc(F)c2)C1=O)C(=O)O. The van der Waals surface area contributed by atoms with E-state index in [1.54, 1.807) is 0 Å². The molecule has 29 heavy (non-hydrogen) atoms. The largest absolute Gasteiger partial charge is 0.480 e. The van der Waals surface area contributed by atoms with E-state index in [-0.39, 0.29) is 37.7 Å². The van der Waals surface area contributed by atoms with Crippen LogP contribution in [0.3, 0.4) is 0 Å². The predicted molar refractivity (Wildman–Crippen MR) is 99.2 cm³/mol. The molecule has 1 aliphatic heterocycles. The lowest BCUT2D eigenvalue weighted by molar-refractivity contribution is -0.143. The number of nitrogens with one attached hydrogen (secondary N) is 1. The van der Waals surface area contributed by atoms with Crippen molar-refractivity contribution in [3.63, 3.8) is 0 Å². The number of aliphatic carboxylic acids is 2. The summed E-state index contributed by atoms with van der Waals surface area (Å²) in [6.45, 7) is 3.71. The normalized spacial score (nSPS) is 16.4. The Morgan fingerprint density at radius 3 is 2.24 bits per heavy atom. The van der Waals surface area contributed by atoms with Crippen LogP contribution < -0.4 is 5.32 Å². The number of nitrogens with zero attached hydrogens (tertiary/aromatic N) is 2. The molecule has 1 fully saturated rings. The lowest BCUT2D eigenvalue weighted by Gasteiger charge is -2.26. The molecule has 0 spiro atoms. The Morgan fingerprint density at radius 2 is 1.72 bits per heavy atom. The van der Waals surface area contributed by atoms with Crippen LogP contribution in [0, 0.1) is 17.6 Å². The first kappa shape index (κ1) is 22.5. The Bertz CT molecular complexity index is 754. The molecule has 0 bridgehead atoms. The molecule has 0 radical (unpaired) electrons. The van der Waals surface area contributed by atoms with E-state index in [1.165, 1.54) is 4.90 Å². The van der Waals surface area contributed by atoms with Crippen molar-refractivity contribution in [3.05, 3.63) is 35.4 Å². The molecule has 2 rings (SSSR count). The molecule has 1 aromatic rings. The molecule has 1 heterocycles. The van der Waals surface area contributed by atoms with Gasteiger partial charge in [-0.1, -0.05) is 13.8 Å². The van der Waals surface area contributed by atoms with Gasteiger partial charge in [0.15, 0.2) is 0 Å². The zero-order valence-corrected chi connectivity index (χ0v) is 16.3. The molecule has 10 heteroatoms. The molecule has 2 unspecified atom stereocenters. The third-order valence-corrected chi connectivity index (χ3v) is 4.65. The van der Waals surface area contributed by atoms with Crippen molar-refractivity contribution in [2.24, 2.45) is 5.92 Å². The predicted octanol–water partition coefficient (Wildman–Crippen LogP) is 1.74. The van der Waals surface area contributed by atoms with Gasteiger partial charge < -0.3 is 25.3 Å². The van der Waals surface area contributed by atoms with Crippen LogP contribution >= 0.6 is 0 Å². The Labute approximate surface area is 167 Å². The van der Waals surface area contributed by atoms with Crippen LogP contribution in [0.25, 0.3) is 0 Å². The van der Waals surface area contributed by atoms with Gasteiger partial charge in [-0.3, -0.25) is 4.79 Å². The van der Waals surface area contributed by atoms with E-state index in [0.717, 1.165) is 23.1 Å². The summed E-state index contributed by atoms with van der Waals surface area (Å²) in [7, 11) is 0. The maximum Gasteiger partial charge on any atom is 0.327 e. The number of hydrogen-bond acceptors (Lipinski definition) is 4. The first-order valence-corrected chi connectivity index (χ1v) is 9.28. The van der Waals surface area contributed by atoms with Crippen LogP contribution in [0.5, 0.6) is 0 Å². The van der Waals surface area contributed by atoms with Crippen molar-refractivity contribution in [1.82, 2.24) is 15.1 Å². The quantitative estimate of drug-likeness (QED) is 0.539. The number of carboxylic acid groups (broad SMARTS) is 2. The van der Waals surface area contributed by atoms with Gasteiger partial charge in [0.1, 0.15) is 23.7 Å². The second-order valence-electron chi connectivity index (χ2n) is 7.46. The van der Waals surface area contributed by atoms with Gasteiger partial charge in [0.25, 0.3) is 0 Å². The van der Waals surface area contributed by atoms with E-state index in [4.69, 9.17) is 0 Å². The number of amides is 2. The molecule has 1 aliphatic rings. The molecule has 3 N–H and O–H groups in total.